The Kier molecular flexibility index (Phi) is 171. The van der Waals surface area contributed by atoms with Gasteiger partial charge in [0.25, 0.3) is 0 Å². The Hall–Kier alpha value is 1.47. The van der Waals surface area contributed by atoms with Gasteiger partial charge in [0.15, 0.2) is 0 Å². The number of hydrogen-bond acceptors (Lipinski definition) is 4. The molecule has 0 atom stereocenters. The van der Waals surface area contributed by atoms with Gasteiger partial charge < -0.3 is 32.9 Å². The topological polar surface area (TPSA) is 278 Å². The van der Waals surface area contributed by atoms with E-state index in [0.29, 0.717) is 0 Å². The Morgan fingerprint density at radius 1 is 0.667 bits per heavy atom. The second kappa shape index (κ2) is 29.4. The van der Waals surface area contributed by atoms with Crippen molar-refractivity contribution in [2.75, 3.05) is 0 Å². The average Bonchev–Trinajstić information content (AvgIpc) is 0.722. The Morgan fingerprint density at radius 2 is 0.667 bits per heavy atom. The van der Waals surface area contributed by atoms with Crippen molar-refractivity contribution in [3.05, 3.63) is 0 Å². The van der Waals surface area contributed by atoms with Crippen molar-refractivity contribution < 1.29 is 111 Å². The van der Waals surface area contributed by atoms with Crippen molar-refractivity contribution >= 4 is 0 Å². The van der Waals surface area contributed by atoms with E-state index in [4.69, 9.17) is 18.6 Å². The van der Waals surface area contributed by atoms with Crippen molar-refractivity contribution in [1.29, 1.82) is 0 Å². The van der Waals surface area contributed by atoms with Gasteiger partial charge in [-0.25, -0.2) is 0 Å². The van der Waals surface area contributed by atoms with Gasteiger partial charge in [0.1, 0.15) is 0 Å². The van der Waals surface area contributed by atoms with Crippen molar-refractivity contribution in [2.45, 2.75) is 0 Å². The smallest absolute Gasteiger partial charge is 0.0777 e. The molecule has 0 bridgehead atoms. The summed E-state index contributed by atoms with van der Waals surface area (Å²) in [6.07, 6.45) is 0. The zero-order chi connectivity index (χ0) is 4.50. The fraction of sp³-hybridized carbons (Fsp3) is 0. The van der Waals surface area contributed by atoms with Crippen LogP contribution in [0.25, 0.3) is 0 Å². The van der Waals surface area contributed by atoms with Crippen LogP contribution in [0.1, 0.15) is 0 Å². The predicted octanol–water partition coefficient (Wildman–Crippen LogP) is -9.07. The fourth-order valence-corrected chi connectivity index (χ4v) is 0. The summed E-state index contributed by atoms with van der Waals surface area (Å²) in [5.41, 5.74) is 0. The van der Waals surface area contributed by atoms with Crippen LogP contribution in [0.15, 0.2) is 0 Å². The Labute approximate surface area is 110 Å². The molecule has 0 aliphatic heterocycles. The summed E-state index contributed by atoms with van der Waals surface area (Å²) in [6, 6.07) is 0. The first kappa shape index (κ1) is 70.0. The van der Waals surface area contributed by atoms with Crippen molar-refractivity contribution in [2.24, 2.45) is 0 Å². The quantitative estimate of drug-likeness (QED) is 0.439. The van der Waals surface area contributed by atoms with E-state index in [2.05, 4.69) is 0 Å². The SMILES string of the molecule is O.O.O.O.O.O.[Eu].[O-][Cl+3]([O-])([O-])O. The first-order chi connectivity index (χ1) is 2.00. The van der Waals surface area contributed by atoms with E-state index in [9.17, 15) is 0 Å². The molecule has 0 aromatic heterocycles. The third-order valence-corrected chi connectivity index (χ3v) is 0. The summed E-state index contributed by atoms with van der Waals surface area (Å²) < 4.78 is 32.7. The third-order valence-electron chi connectivity index (χ3n) is 0. The van der Waals surface area contributed by atoms with Crippen LogP contribution >= 0.6 is 0 Å². The molecule has 0 rings (SSSR count). The van der Waals surface area contributed by atoms with Crippen molar-refractivity contribution in [3.8, 4) is 0 Å². The second-order valence-electron chi connectivity index (χ2n) is 0.396. The normalized spacial score (nSPS) is 5.00. The maximum absolute atomic E-state index is 8.60. The summed E-state index contributed by atoms with van der Waals surface area (Å²) in [6.45, 7) is 0. The molecule has 0 spiro atoms. The maximum atomic E-state index is 8.60. The van der Waals surface area contributed by atoms with Crippen LogP contribution < -0.4 is 14.0 Å². The Bertz CT molecular complexity index is 25.3. The standard InChI is InChI=1S/ClHO4.Eu.6H2O/c2-1(3,4)5;;;;;;;/h(H,2,3,4,5);;6*1H2. The van der Waals surface area contributed by atoms with E-state index in [1.165, 1.54) is 0 Å². The molecule has 0 saturated carbocycles. The first-order valence-corrected chi connectivity index (χ1v) is 1.90. The van der Waals surface area contributed by atoms with E-state index in [-0.39, 0.29) is 82.2 Å². The minimum atomic E-state index is -4.69. The summed E-state index contributed by atoms with van der Waals surface area (Å²) in [7, 11) is -4.69. The van der Waals surface area contributed by atoms with Crippen LogP contribution in [0.5, 0.6) is 0 Å². The van der Waals surface area contributed by atoms with Gasteiger partial charge in [0.05, 0.1) is 14.9 Å². The first-order valence-electron chi connectivity index (χ1n) is 0.632. The van der Waals surface area contributed by atoms with Crippen LogP contribution in [-0.2, 0) is 0 Å². The summed E-state index contributed by atoms with van der Waals surface area (Å²) >= 11 is 0. The maximum Gasteiger partial charge on any atom is 0.0777 e. The van der Waals surface area contributed by atoms with Crippen LogP contribution in [0.4, 0.5) is 0 Å². The van der Waals surface area contributed by atoms with Crippen molar-refractivity contribution in [3.63, 3.8) is 0 Å². The largest absolute Gasteiger partial charge is 0.412 e. The molecule has 0 fully saturated rings. The number of halogens is 1. The molecule has 0 amide bonds. The van der Waals surface area contributed by atoms with Gasteiger partial charge in [-0.3, -0.25) is 0 Å². The fourth-order valence-electron chi connectivity index (χ4n) is 0. The molecular formula is H13ClEuO10. The Balaban J connectivity index is -0.00000000381. The monoisotopic (exact) mass is 361 g/mol. The molecule has 0 unspecified atom stereocenters. The molecule has 0 heterocycles. The van der Waals surface area contributed by atoms with Crippen molar-refractivity contribution in [1.82, 2.24) is 0 Å². The average molecular weight is 361 g/mol. The second-order valence-corrected chi connectivity index (χ2v) is 1.19. The third kappa shape index (κ3) is 579. The van der Waals surface area contributed by atoms with E-state index < -0.39 is 10.2 Å². The molecule has 1 radical (unpaired) electrons. The van der Waals surface area contributed by atoms with Crippen LogP contribution in [-0.4, -0.2) is 37.5 Å². The number of rotatable bonds is 0. The van der Waals surface area contributed by atoms with E-state index in [1.54, 1.807) is 0 Å². The van der Waals surface area contributed by atoms with Gasteiger partial charge in [0, 0.05) is 49.4 Å². The minimum absolute atomic E-state index is 0. The van der Waals surface area contributed by atoms with Gasteiger partial charge in [-0.2, -0.15) is 14.0 Å². The van der Waals surface area contributed by atoms with Gasteiger partial charge in [-0.15, -0.1) is 0 Å². The van der Waals surface area contributed by atoms with E-state index in [1.807, 2.05) is 0 Å². The van der Waals surface area contributed by atoms with Crippen LogP contribution in [0, 0.1) is 59.6 Å². The van der Waals surface area contributed by atoms with Crippen LogP contribution in [0.2, 0.25) is 0 Å². The molecule has 0 aliphatic rings. The predicted molar refractivity (Wildman–Crippen MR) is 23.9 cm³/mol. The van der Waals surface area contributed by atoms with Gasteiger partial charge >= 0.3 is 0 Å². The zero-order valence-electron chi connectivity index (χ0n) is 5.43. The van der Waals surface area contributed by atoms with Gasteiger partial charge in [0.2, 0.25) is 0 Å². The molecule has 0 aliphatic carbocycles. The molecule has 10 nitrogen and oxygen atoms in total. The Morgan fingerprint density at radius 3 is 0.667 bits per heavy atom. The molecule has 0 saturated heterocycles. The summed E-state index contributed by atoms with van der Waals surface area (Å²) in [5.74, 6) is 0. The molecule has 13 N–H and O–H groups in total. The van der Waals surface area contributed by atoms with E-state index >= 15 is 0 Å². The molecule has 0 aromatic carbocycles. The molecule has 87 valence electrons. The van der Waals surface area contributed by atoms with Gasteiger partial charge in [-0.05, 0) is 0 Å². The summed E-state index contributed by atoms with van der Waals surface area (Å²) in [5, 5.41) is 0. The molecular weight excluding hydrogens is 347 g/mol. The molecule has 12 heteroatoms. The van der Waals surface area contributed by atoms with Crippen LogP contribution in [0.3, 0.4) is 0 Å². The number of hydrogen-bond donors (Lipinski definition) is 1. The zero-order valence-corrected chi connectivity index (χ0v) is 8.61. The van der Waals surface area contributed by atoms with Gasteiger partial charge in [-0.1, -0.05) is 0 Å². The molecule has 0 aromatic rings. The minimum Gasteiger partial charge on any atom is -0.412 e. The molecule has 12 heavy (non-hydrogen) atoms. The van der Waals surface area contributed by atoms with E-state index in [0.717, 1.165) is 0 Å². The summed E-state index contributed by atoms with van der Waals surface area (Å²) in [4.78, 5) is 0.